The number of hydrogen-bond donors (Lipinski definition) is 4. The number of ether oxygens (including phenoxy) is 1. The van der Waals surface area contributed by atoms with Gasteiger partial charge in [-0.05, 0) is 54.9 Å². The van der Waals surface area contributed by atoms with Crippen LogP contribution in [0.2, 0.25) is 18.6 Å². The summed E-state index contributed by atoms with van der Waals surface area (Å²) in [6.07, 6.45) is 1.92. The SMILES string of the molecule is C[C@@H]1[C@@H]([Si](C)(C)O)[C@H](CCO)O[C@@]12C(=O)N(Cc1ccccc1)c1ccc(NC(=O)Cc3c[nH]c4ccccc34)cc12. The summed E-state index contributed by atoms with van der Waals surface area (Å²) >= 11 is 0. The second-order valence-electron chi connectivity index (χ2n) is 12.1. The zero-order valence-corrected chi connectivity index (χ0v) is 25.1. The van der Waals surface area contributed by atoms with Crippen LogP contribution in [-0.4, -0.2) is 47.7 Å². The third-order valence-electron chi connectivity index (χ3n) is 8.89. The molecule has 218 valence electrons. The number of carbonyl (C=O) groups excluding carboxylic acids is 2. The van der Waals surface area contributed by atoms with Gasteiger partial charge in [-0.2, -0.15) is 0 Å². The van der Waals surface area contributed by atoms with E-state index in [9.17, 15) is 19.5 Å². The van der Waals surface area contributed by atoms with Crippen molar-refractivity contribution < 1.29 is 24.2 Å². The molecule has 3 aromatic carbocycles. The third kappa shape index (κ3) is 4.76. The molecule has 0 saturated carbocycles. The van der Waals surface area contributed by atoms with E-state index in [0.29, 0.717) is 24.2 Å². The highest BCUT2D eigenvalue weighted by Crippen LogP contribution is 2.60. The van der Waals surface area contributed by atoms with Crippen molar-refractivity contribution in [2.45, 2.75) is 56.7 Å². The van der Waals surface area contributed by atoms with Crippen LogP contribution in [0.15, 0.2) is 79.0 Å². The maximum Gasteiger partial charge on any atom is 0.264 e. The number of rotatable bonds is 8. The van der Waals surface area contributed by atoms with Gasteiger partial charge in [0.1, 0.15) is 0 Å². The Balaban J connectivity index is 1.37. The van der Waals surface area contributed by atoms with E-state index in [2.05, 4.69) is 10.3 Å². The molecule has 1 aromatic heterocycles. The number of aromatic nitrogens is 1. The standard InChI is InChI=1S/C33H37N3O5Si/c1-21-31(42(2,3)40)29(15-16-37)41-33(21)26-18-24(35-30(38)17-23-19-34-27-12-8-7-11-25(23)27)13-14-28(26)36(32(33)39)20-22-9-5-4-6-10-22/h4-14,18-19,21,29,31,34,37,40H,15-17,20H2,1-3H3,(H,35,38)/t21-,29+,31-,33+/m1/s1. The van der Waals surface area contributed by atoms with Gasteiger partial charge in [0, 0.05) is 46.4 Å². The Labute approximate surface area is 246 Å². The molecular formula is C33H37N3O5Si. The van der Waals surface area contributed by atoms with Crippen LogP contribution in [-0.2, 0) is 32.9 Å². The van der Waals surface area contributed by atoms with Gasteiger partial charge in [0.15, 0.2) is 13.9 Å². The summed E-state index contributed by atoms with van der Waals surface area (Å²) in [6.45, 7) is 5.97. The van der Waals surface area contributed by atoms with Crippen LogP contribution >= 0.6 is 0 Å². The predicted octanol–water partition coefficient (Wildman–Crippen LogP) is 5.08. The van der Waals surface area contributed by atoms with Crippen LogP contribution in [0, 0.1) is 5.92 Å². The van der Waals surface area contributed by atoms with Crippen LogP contribution in [0.4, 0.5) is 11.4 Å². The average molecular weight is 584 g/mol. The van der Waals surface area contributed by atoms with Crippen molar-refractivity contribution >= 4 is 42.4 Å². The molecule has 0 aliphatic carbocycles. The number of aromatic amines is 1. The molecule has 1 saturated heterocycles. The zero-order chi connectivity index (χ0) is 29.6. The van der Waals surface area contributed by atoms with Gasteiger partial charge in [-0.1, -0.05) is 55.5 Å². The minimum Gasteiger partial charge on any atom is -0.432 e. The van der Waals surface area contributed by atoms with Gasteiger partial charge >= 0.3 is 0 Å². The summed E-state index contributed by atoms with van der Waals surface area (Å²) in [6, 6.07) is 23.2. The van der Waals surface area contributed by atoms with Gasteiger partial charge in [0.05, 0.1) is 24.8 Å². The number of para-hydroxylation sites is 1. The molecule has 42 heavy (non-hydrogen) atoms. The molecule has 9 heteroatoms. The predicted molar refractivity (Wildman–Crippen MR) is 166 cm³/mol. The van der Waals surface area contributed by atoms with Crippen molar-refractivity contribution in [3.8, 4) is 0 Å². The number of anilines is 2. The lowest BCUT2D eigenvalue weighted by molar-refractivity contribution is -0.146. The number of carbonyl (C=O) groups is 2. The summed E-state index contributed by atoms with van der Waals surface area (Å²) < 4.78 is 6.71. The fourth-order valence-electron chi connectivity index (χ4n) is 7.13. The lowest BCUT2D eigenvalue weighted by Crippen LogP contribution is -2.46. The summed E-state index contributed by atoms with van der Waals surface area (Å²) in [5.74, 6) is -0.690. The maximum absolute atomic E-state index is 14.5. The second-order valence-corrected chi connectivity index (χ2v) is 16.0. The number of hydrogen-bond acceptors (Lipinski definition) is 5. The van der Waals surface area contributed by atoms with Crippen LogP contribution in [0.5, 0.6) is 0 Å². The first-order chi connectivity index (χ1) is 20.1. The first-order valence-electron chi connectivity index (χ1n) is 14.5. The second kappa shape index (κ2) is 10.8. The van der Waals surface area contributed by atoms with Crippen molar-refractivity contribution in [1.29, 1.82) is 0 Å². The summed E-state index contributed by atoms with van der Waals surface area (Å²) in [4.78, 5) is 44.0. The molecule has 0 unspecified atom stereocenters. The Morgan fingerprint density at radius 2 is 1.83 bits per heavy atom. The molecule has 4 aromatic rings. The lowest BCUT2D eigenvalue weighted by Gasteiger charge is -2.32. The minimum atomic E-state index is -2.81. The van der Waals surface area contributed by atoms with E-state index in [1.54, 1.807) is 4.90 Å². The van der Waals surface area contributed by atoms with Crippen molar-refractivity contribution in [2.75, 3.05) is 16.8 Å². The molecule has 1 spiro atoms. The van der Waals surface area contributed by atoms with Crippen LogP contribution in [0.25, 0.3) is 10.9 Å². The quantitative estimate of drug-likeness (QED) is 0.216. The van der Waals surface area contributed by atoms with E-state index in [1.807, 2.05) is 99.0 Å². The molecule has 2 aliphatic rings. The average Bonchev–Trinajstić information content (AvgIpc) is 3.57. The van der Waals surface area contributed by atoms with Gasteiger partial charge in [-0.15, -0.1) is 0 Å². The van der Waals surface area contributed by atoms with E-state index in [0.717, 1.165) is 27.7 Å². The number of benzene rings is 3. The first-order valence-corrected chi connectivity index (χ1v) is 17.5. The Bertz CT molecular complexity index is 1630. The number of H-pyrrole nitrogens is 1. The number of amides is 2. The first kappa shape index (κ1) is 28.4. The van der Waals surface area contributed by atoms with E-state index >= 15 is 0 Å². The van der Waals surface area contributed by atoms with Crippen molar-refractivity contribution in [2.24, 2.45) is 5.92 Å². The summed E-state index contributed by atoms with van der Waals surface area (Å²) in [5.41, 5.74) is 3.25. The van der Waals surface area contributed by atoms with E-state index in [1.165, 1.54) is 0 Å². The van der Waals surface area contributed by atoms with Gasteiger partial charge in [-0.25, -0.2) is 0 Å². The largest absolute Gasteiger partial charge is 0.432 e. The van der Waals surface area contributed by atoms with Crippen LogP contribution < -0.4 is 10.2 Å². The van der Waals surface area contributed by atoms with Gasteiger partial charge in [0.2, 0.25) is 5.91 Å². The third-order valence-corrected chi connectivity index (χ3v) is 11.4. The molecular weight excluding hydrogens is 546 g/mol. The molecule has 4 atom stereocenters. The maximum atomic E-state index is 14.5. The highest BCUT2D eigenvalue weighted by atomic mass is 28.4. The van der Waals surface area contributed by atoms with E-state index < -0.39 is 20.0 Å². The molecule has 2 aliphatic heterocycles. The van der Waals surface area contributed by atoms with Gasteiger partial charge in [-0.3, -0.25) is 9.59 Å². The molecule has 8 nitrogen and oxygen atoms in total. The van der Waals surface area contributed by atoms with Crippen molar-refractivity contribution in [3.05, 3.63) is 95.7 Å². The smallest absolute Gasteiger partial charge is 0.264 e. The molecule has 3 heterocycles. The Hall–Kier alpha value is -3.76. The van der Waals surface area contributed by atoms with Crippen LogP contribution in [0.3, 0.4) is 0 Å². The molecule has 6 rings (SSSR count). The molecule has 0 bridgehead atoms. The lowest BCUT2D eigenvalue weighted by atomic mass is 9.82. The molecule has 2 amide bonds. The molecule has 1 fully saturated rings. The van der Waals surface area contributed by atoms with E-state index in [-0.39, 0.29) is 36.3 Å². The topological polar surface area (TPSA) is 115 Å². The fourth-order valence-corrected chi connectivity index (χ4v) is 9.73. The number of aliphatic hydroxyl groups is 1. The Kier molecular flexibility index (Phi) is 7.30. The normalized spacial score (nSPS) is 23.6. The highest BCUT2D eigenvalue weighted by Gasteiger charge is 2.66. The monoisotopic (exact) mass is 583 g/mol. The molecule has 0 radical (unpaired) electrons. The van der Waals surface area contributed by atoms with E-state index in [4.69, 9.17) is 4.74 Å². The number of fused-ring (bicyclic) bond motifs is 3. The molecule has 4 N–H and O–H groups in total. The Morgan fingerprint density at radius 3 is 2.57 bits per heavy atom. The summed E-state index contributed by atoms with van der Waals surface area (Å²) in [7, 11) is -2.81. The highest BCUT2D eigenvalue weighted by molar-refractivity contribution is 6.71. The minimum absolute atomic E-state index is 0.104. The Morgan fingerprint density at radius 1 is 1.10 bits per heavy atom. The van der Waals surface area contributed by atoms with Gasteiger partial charge in [0.25, 0.3) is 5.91 Å². The fraction of sp³-hybridized carbons (Fsp3) is 0.333. The zero-order valence-electron chi connectivity index (χ0n) is 24.1. The number of nitrogens with one attached hydrogen (secondary N) is 2. The summed E-state index contributed by atoms with van der Waals surface area (Å²) in [5, 5.41) is 13.9. The van der Waals surface area contributed by atoms with Crippen LogP contribution in [0.1, 0.15) is 30.0 Å². The number of nitrogens with zero attached hydrogens (tertiary/aromatic N) is 1. The number of aliphatic hydroxyl groups excluding tert-OH is 1. The van der Waals surface area contributed by atoms with Crippen molar-refractivity contribution in [3.63, 3.8) is 0 Å². The van der Waals surface area contributed by atoms with Gasteiger partial charge < -0.3 is 29.8 Å². The van der Waals surface area contributed by atoms with Crippen molar-refractivity contribution in [1.82, 2.24) is 4.98 Å².